The van der Waals surface area contributed by atoms with Crippen LogP contribution in [-0.2, 0) is 0 Å². The Morgan fingerprint density at radius 3 is 1.44 bits per heavy atom. The molecule has 1 unspecified atom stereocenters. The third-order valence-corrected chi connectivity index (χ3v) is 10.6. The molecule has 0 radical (unpaired) electrons. The van der Waals surface area contributed by atoms with Crippen molar-refractivity contribution in [3.05, 3.63) is 223 Å². The van der Waals surface area contributed by atoms with Crippen molar-refractivity contribution in [1.82, 2.24) is 5.32 Å². The van der Waals surface area contributed by atoms with Gasteiger partial charge < -0.3 is 9.73 Å². The van der Waals surface area contributed by atoms with Gasteiger partial charge in [-0.05, 0) is 79.9 Å². The van der Waals surface area contributed by atoms with Gasteiger partial charge in [-0.3, -0.25) is 4.99 Å². The summed E-state index contributed by atoms with van der Waals surface area (Å²) in [5, 5.41) is 5.92. The number of hydrogen-bond acceptors (Lipinski definition) is 3. The van der Waals surface area contributed by atoms with Gasteiger partial charge in [0, 0.05) is 22.0 Å². The SMILES string of the molecule is C1=C(c2ccc(-c3ccccc3)cc2)NC(c2ccc(-c3ccccc3)cc2)N=C1c1cccc2oc3ccc(-c4ccc(-c5ccccc5)cc4)cc3c12. The predicted molar refractivity (Wildman–Crippen MR) is 229 cm³/mol. The summed E-state index contributed by atoms with van der Waals surface area (Å²) in [6.07, 6.45) is 1.90. The molecule has 0 aliphatic carbocycles. The fourth-order valence-electron chi connectivity index (χ4n) is 7.67. The number of furan rings is 1. The van der Waals surface area contributed by atoms with E-state index in [1.54, 1.807) is 0 Å². The van der Waals surface area contributed by atoms with E-state index in [1.165, 1.54) is 33.4 Å². The number of aliphatic imine (C=N–C) groups is 1. The molecule has 0 bridgehead atoms. The quantitative estimate of drug-likeness (QED) is 0.179. The summed E-state index contributed by atoms with van der Waals surface area (Å²) in [4.78, 5) is 5.41. The molecule has 1 aliphatic heterocycles. The van der Waals surface area contributed by atoms with Crippen LogP contribution in [0.15, 0.2) is 216 Å². The molecule has 3 heteroatoms. The fraction of sp³-hybridized carbons (Fsp3) is 0.0192. The van der Waals surface area contributed by atoms with Crippen LogP contribution in [0.5, 0.6) is 0 Å². The third-order valence-electron chi connectivity index (χ3n) is 10.6. The molecule has 3 nitrogen and oxygen atoms in total. The van der Waals surface area contributed by atoms with Crippen LogP contribution in [0.2, 0.25) is 0 Å². The first-order valence-electron chi connectivity index (χ1n) is 18.7. The van der Waals surface area contributed by atoms with Crippen molar-refractivity contribution < 1.29 is 4.42 Å². The maximum atomic E-state index is 6.49. The number of benzene rings is 8. The minimum Gasteiger partial charge on any atom is -0.456 e. The van der Waals surface area contributed by atoms with Crippen LogP contribution in [0.3, 0.4) is 0 Å². The molecule has 55 heavy (non-hydrogen) atoms. The van der Waals surface area contributed by atoms with Crippen molar-refractivity contribution in [3.8, 4) is 44.5 Å². The standard InChI is InChI=1S/C52H36N2O/c1-4-11-35(12-5-1)38-19-21-41(22-20-38)44-31-32-49-46(33-44)51-45(17-10-18-50(51)55-49)48-34-47(42-27-23-39(24-28-42)36-13-6-2-7-14-36)53-52(54-48)43-29-25-40(26-30-43)37-15-8-3-9-16-37/h1-34,52-53H. The molecule has 8 aromatic carbocycles. The van der Waals surface area contributed by atoms with E-state index in [0.29, 0.717) is 0 Å². The van der Waals surface area contributed by atoms with Crippen LogP contribution in [0.4, 0.5) is 0 Å². The summed E-state index contributed by atoms with van der Waals surface area (Å²) < 4.78 is 6.49. The van der Waals surface area contributed by atoms with E-state index in [-0.39, 0.29) is 6.17 Å². The van der Waals surface area contributed by atoms with Gasteiger partial charge in [-0.2, -0.15) is 0 Å². The Bertz CT molecular complexity index is 2840. The van der Waals surface area contributed by atoms with Crippen LogP contribution in [-0.4, -0.2) is 5.71 Å². The van der Waals surface area contributed by atoms with Crippen molar-refractivity contribution in [2.45, 2.75) is 6.17 Å². The van der Waals surface area contributed by atoms with Crippen molar-refractivity contribution >= 4 is 33.3 Å². The summed E-state index contributed by atoms with van der Waals surface area (Å²) >= 11 is 0. The average molecular weight is 705 g/mol. The van der Waals surface area contributed by atoms with E-state index in [4.69, 9.17) is 9.41 Å². The maximum Gasteiger partial charge on any atom is 0.145 e. The zero-order chi connectivity index (χ0) is 36.6. The zero-order valence-corrected chi connectivity index (χ0v) is 30.1. The summed E-state index contributed by atoms with van der Waals surface area (Å²) in [7, 11) is 0. The van der Waals surface area contributed by atoms with Crippen molar-refractivity contribution in [2.75, 3.05) is 0 Å². The Morgan fingerprint density at radius 2 is 0.873 bits per heavy atom. The first kappa shape index (κ1) is 32.4. The lowest BCUT2D eigenvalue weighted by molar-refractivity contribution is 0.664. The fourth-order valence-corrected chi connectivity index (χ4v) is 7.67. The maximum absolute atomic E-state index is 6.49. The largest absolute Gasteiger partial charge is 0.456 e. The monoisotopic (exact) mass is 704 g/mol. The minimum atomic E-state index is -0.291. The van der Waals surface area contributed by atoms with Gasteiger partial charge in [-0.25, -0.2) is 0 Å². The second-order valence-corrected chi connectivity index (χ2v) is 14.0. The number of allylic oxidation sites excluding steroid dienone is 1. The van der Waals surface area contributed by atoms with E-state index in [2.05, 4.69) is 206 Å². The molecule has 9 aromatic rings. The van der Waals surface area contributed by atoms with E-state index < -0.39 is 0 Å². The zero-order valence-electron chi connectivity index (χ0n) is 30.1. The number of fused-ring (bicyclic) bond motifs is 3. The molecule has 0 saturated carbocycles. The summed E-state index contributed by atoms with van der Waals surface area (Å²) in [5.41, 5.74) is 16.3. The molecule has 10 rings (SSSR count). The van der Waals surface area contributed by atoms with E-state index in [9.17, 15) is 0 Å². The highest BCUT2D eigenvalue weighted by Crippen LogP contribution is 2.37. The molecular formula is C52H36N2O. The normalized spacial score (nSPS) is 14.0. The lowest BCUT2D eigenvalue weighted by Crippen LogP contribution is -2.25. The Hall–Kier alpha value is -7.23. The number of hydrogen-bond donors (Lipinski definition) is 1. The van der Waals surface area contributed by atoms with Crippen LogP contribution in [0, 0.1) is 0 Å². The third kappa shape index (κ3) is 6.32. The molecule has 0 saturated heterocycles. The number of nitrogens with zero attached hydrogens (tertiary/aromatic N) is 1. The Kier molecular flexibility index (Phi) is 8.23. The second kappa shape index (κ2) is 14.0. The molecule has 1 atom stereocenters. The molecule has 260 valence electrons. The lowest BCUT2D eigenvalue weighted by atomic mass is 9.95. The van der Waals surface area contributed by atoms with Gasteiger partial charge in [0.1, 0.15) is 17.3 Å². The van der Waals surface area contributed by atoms with Crippen molar-refractivity contribution in [2.24, 2.45) is 4.99 Å². The molecule has 1 N–H and O–H groups in total. The smallest absolute Gasteiger partial charge is 0.145 e. The predicted octanol–water partition coefficient (Wildman–Crippen LogP) is 13.4. The first-order chi connectivity index (χ1) is 27.2. The minimum absolute atomic E-state index is 0.291. The van der Waals surface area contributed by atoms with Crippen LogP contribution in [0.25, 0.3) is 72.1 Å². The van der Waals surface area contributed by atoms with Gasteiger partial charge >= 0.3 is 0 Å². The summed E-state index contributed by atoms with van der Waals surface area (Å²) in [5.74, 6) is 0. The topological polar surface area (TPSA) is 37.5 Å². The lowest BCUT2D eigenvalue weighted by Gasteiger charge is -2.25. The van der Waals surface area contributed by atoms with Gasteiger partial charge in [-0.15, -0.1) is 0 Å². The van der Waals surface area contributed by atoms with Gasteiger partial charge in [0.2, 0.25) is 0 Å². The summed E-state index contributed by atoms with van der Waals surface area (Å²) in [6, 6.07) is 70.6. The van der Waals surface area contributed by atoms with E-state index in [0.717, 1.165) is 61.2 Å². The Morgan fingerprint density at radius 1 is 0.400 bits per heavy atom. The van der Waals surface area contributed by atoms with Gasteiger partial charge in [0.15, 0.2) is 0 Å². The Labute approximate surface area is 320 Å². The molecule has 0 spiro atoms. The molecule has 0 fully saturated rings. The number of rotatable bonds is 7. The van der Waals surface area contributed by atoms with Crippen LogP contribution >= 0.6 is 0 Å². The van der Waals surface area contributed by atoms with Gasteiger partial charge in [0.05, 0.1) is 5.71 Å². The average Bonchev–Trinajstić information content (AvgIpc) is 3.66. The van der Waals surface area contributed by atoms with Crippen molar-refractivity contribution in [3.63, 3.8) is 0 Å². The summed E-state index contributed by atoms with van der Waals surface area (Å²) in [6.45, 7) is 0. The van der Waals surface area contributed by atoms with Gasteiger partial charge in [-0.1, -0.05) is 182 Å². The molecular weight excluding hydrogens is 669 g/mol. The highest BCUT2D eigenvalue weighted by molar-refractivity contribution is 6.24. The second-order valence-electron chi connectivity index (χ2n) is 14.0. The van der Waals surface area contributed by atoms with E-state index in [1.807, 2.05) is 6.07 Å². The molecule has 1 aliphatic rings. The van der Waals surface area contributed by atoms with E-state index >= 15 is 0 Å². The molecule has 2 heterocycles. The number of nitrogens with one attached hydrogen (secondary N) is 1. The first-order valence-corrected chi connectivity index (χ1v) is 18.7. The highest BCUT2D eigenvalue weighted by Gasteiger charge is 2.23. The van der Waals surface area contributed by atoms with Gasteiger partial charge in [0.25, 0.3) is 0 Å². The molecule has 1 aromatic heterocycles. The van der Waals surface area contributed by atoms with Crippen molar-refractivity contribution in [1.29, 1.82) is 0 Å². The highest BCUT2D eigenvalue weighted by atomic mass is 16.3. The van der Waals surface area contributed by atoms with Crippen LogP contribution in [0.1, 0.15) is 22.9 Å². The van der Waals surface area contributed by atoms with Crippen LogP contribution < -0.4 is 5.32 Å². The molecule has 0 amide bonds. The Balaban J connectivity index is 1.07.